The average Bonchev–Trinajstić information content (AvgIpc) is 3.05. The summed E-state index contributed by atoms with van der Waals surface area (Å²) in [4.78, 5) is 27.1. The third kappa shape index (κ3) is 6.46. The number of thioether (sulfide) groups is 1. The molecule has 0 radical (unpaired) electrons. The quantitative estimate of drug-likeness (QED) is 0.583. The van der Waals surface area contributed by atoms with Crippen molar-refractivity contribution in [1.82, 2.24) is 20.5 Å². The number of amides is 1. The van der Waals surface area contributed by atoms with Gasteiger partial charge in [-0.1, -0.05) is 23.9 Å². The summed E-state index contributed by atoms with van der Waals surface area (Å²) in [6, 6.07) is 6.43. The first-order valence-corrected chi connectivity index (χ1v) is 8.68. The molecule has 0 aliphatic heterocycles. The van der Waals surface area contributed by atoms with Gasteiger partial charge in [0, 0.05) is 0 Å². The van der Waals surface area contributed by atoms with Gasteiger partial charge in [0.2, 0.25) is 5.91 Å². The number of hydrogen-bond acceptors (Lipinski definition) is 6. The van der Waals surface area contributed by atoms with Crippen LogP contribution in [0.4, 0.5) is 0 Å². The molecule has 1 heterocycles. The number of nitrogens with zero attached hydrogens (tertiary/aromatic N) is 2. The van der Waals surface area contributed by atoms with E-state index in [4.69, 9.17) is 9.84 Å². The molecule has 0 aliphatic carbocycles. The highest BCUT2D eigenvalue weighted by molar-refractivity contribution is 7.99. The second-order valence-electron chi connectivity index (χ2n) is 5.53. The molecule has 0 bridgehead atoms. The molecule has 2 rings (SSSR count). The van der Waals surface area contributed by atoms with Gasteiger partial charge >= 0.3 is 5.97 Å². The Balaban J connectivity index is 1.99. The predicted octanol–water partition coefficient (Wildman–Crippen LogP) is 2.02. The van der Waals surface area contributed by atoms with Crippen molar-refractivity contribution in [3.63, 3.8) is 0 Å². The Labute approximate surface area is 149 Å². The minimum absolute atomic E-state index is 0.0495. The summed E-state index contributed by atoms with van der Waals surface area (Å²) < 4.78 is 5.57. The first kappa shape index (κ1) is 18.8. The van der Waals surface area contributed by atoms with Crippen molar-refractivity contribution in [2.24, 2.45) is 0 Å². The lowest BCUT2D eigenvalue weighted by Gasteiger charge is -2.18. The van der Waals surface area contributed by atoms with Gasteiger partial charge in [-0.25, -0.2) is 4.98 Å². The molecule has 8 nitrogen and oxygen atoms in total. The van der Waals surface area contributed by atoms with Crippen LogP contribution in [0.25, 0.3) is 0 Å². The lowest BCUT2D eigenvalue weighted by atomic mass is 10.0. The van der Waals surface area contributed by atoms with E-state index >= 15 is 0 Å². The number of aromatic amines is 1. The smallest absolute Gasteiger partial charge is 0.305 e. The van der Waals surface area contributed by atoms with Crippen molar-refractivity contribution in [2.75, 3.05) is 5.75 Å². The number of carboxylic acids is 1. The van der Waals surface area contributed by atoms with Crippen LogP contribution in [0.15, 0.2) is 35.7 Å². The summed E-state index contributed by atoms with van der Waals surface area (Å²) >= 11 is 1.19. The molecule has 0 saturated carbocycles. The fourth-order valence-corrected chi connectivity index (χ4v) is 2.70. The van der Waals surface area contributed by atoms with Crippen LogP contribution >= 0.6 is 11.8 Å². The number of carboxylic acid groups (broad SMARTS) is 1. The average molecular weight is 364 g/mol. The van der Waals surface area contributed by atoms with E-state index in [1.54, 1.807) is 24.3 Å². The van der Waals surface area contributed by atoms with E-state index in [1.165, 1.54) is 18.1 Å². The van der Waals surface area contributed by atoms with Crippen LogP contribution in [-0.4, -0.2) is 44.0 Å². The van der Waals surface area contributed by atoms with Gasteiger partial charge in [0.15, 0.2) is 5.16 Å². The number of H-pyrrole nitrogens is 1. The van der Waals surface area contributed by atoms with E-state index in [-0.39, 0.29) is 24.2 Å². The summed E-state index contributed by atoms with van der Waals surface area (Å²) in [6.07, 6.45) is 1.20. The normalized spacial score (nSPS) is 12.0. The summed E-state index contributed by atoms with van der Waals surface area (Å²) in [5.74, 6) is -0.467. The lowest BCUT2D eigenvalue weighted by Crippen LogP contribution is -2.31. The summed E-state index contributed by atoms with van der Waals surface area (Å²) in [6.45, 7) is 3.85. The zero-order valence-corrected chi connectivity index (χ0v) is 14.7. The summed E-state index contributed by atoms with van der Waals surface area (Å²) in [7, 11) is 0. The highest BCUT2D eigenvalue weighted by Gasteiger charge is 2.18. The maximum atomic E-state index is 12.1. The Kier molecular flexibility index (Phi) is 6.81. The molecule has 1 amide bonds. The molecule has 0 saturated heterocycles. The van der Waals surface area contributed by atoms with Crippen LogP contribution in [0.5, 0.6) is 5.75 Å². The maximum absolute atomic E-state index is 12.1. The van der Waals surface area contributed by atoms with Gasteiger partial charge in [0.25, 0.3) is 0 Å². The van der Waals surface area contributed by atoms with Gasteiger partial charge in [-0.2, -0.15) is 5.10 Å². The molecular weight excluding hydrogens is 344 g/mol. The minimum Gasteiger partial charge on any atom is -0.491 e. The van der Waals surface area contributed by atoms with Crippen LogP contribution < -0.4 is 10.1 Å². The summed E-state index contributed by atoms with van der Waals surface area (Å²) in [5.41, 5.74) is 0.705. The Morgan fingerprint density at radius 3 is 2.60 bits per heavy atom. The monoisotopic (exact) mass is 364 g/mol. The molecule has 0 aliphatic rings. The van der Waals surface area contributed by atoms with Crippen LogP contribution in [0.1, 0.15) is 31.9 Å². The molecule has 134 valence electrons. The number of carbonyl (C=O) groups excluding carboxylic acids is 1. The van der Waals surface area contributed by atoms with Crippen LogP contribution in [0, 0.1) is 0 Å². The van der Waals surface area contributed by atoms with Crippen LogP contribution in [-0.2, 0) is 9.59 Å². The first-order valence-electron chi connectivity index (χ1n) is 7.70. The number of rotatable bonds is 9. The van der Waals surface area contributed by atoms with Crippen molar-refractivity contribution in [2.45, 2.75) is 37.6 Å². The Hall–Kier alpha value is -2.55. The van der Waals surface area contributed by atoms with E-state index in [0.29, 0.717) is 16.5 Å². The van der Waals surface area contributed by atoms with Crippen molar-refractivity contribution in [1.29, 1.82) is 0 Å². The molecule has 3 N–H and O–H groups in total. The minimum atomic E-state index is -0.990. The summed E-state index contributed by atoms with van der Waals surface area (Å²) in [5, 5.41) is 18.7. The van der Waals surface area contributed by atoms with E-state index in [1.807, 2.05) is 13.8 Å². The van der Waals surface area contributed by atoms with Gasteiger partial charge in [0.05, 0.1) is 24.3 Å². The van der Waals surface area contributed by atoms with Crippen LogP contribution in [0.3, 0.4) is 0 Å². The zero-order chi connectivity index (χ0) is 18.2. The lowest BCUT2D eigenvalue weighted by molar-refractivity contribution is -0.137. The molecule has 0 spiro atoms. The van der Waals surface area contributed by atoms with Gasteiger partial charge in [-0.15, -0.1) is 0 Å². The molecule has 25 heavy (non-hydrogen) atoms. The molecule has 0 unspecified atom stereocenters. The molecule has 1 aromatic carbocycles. The zero-order valence-electron chi connectivity index (χ0n) is 13.9. The van der Waals surface area contributed by atoms with E-state index < -0.39 is 12.0 Å². The predicted molar refractivity (Wildman–Crippen MR) is 92.4 cm³/mol. The Morgan fingerprint density at radius 2 is 2.04 bits per heavy atom. The highest BCUT2D eigenvalue weighted by Crippen LogP contribution is 2.22. The number of aliphatic carboxylic acids is 1. The molecule has 1 atom stereocenters. The third-order valence-electron chi connectivity index (χ3n) is 3.10. The fourth-order valence-electron chi connectivity index (χ4n) is 2.11. The van der Waals surface area contributed by atoms with E-state index in [9.17, 15) is 9.59 Å². The molecular formula is C16H20N4O4S. The number of ether oxygens (including phenoxy) is 1. The Morgan fingerprint density at radius 1 is 1.32 bits per heavy atom. The van der Waals surface area contributed by atoms with Crippen molar-refractivity contribution in [3.05, 3.63) is 36.2 Å². The van der Waals surface area contributed by atoms with Crippen molar-refractivity contribution >= 4 is 23.6 Å². The number of benzene rings is 1. The number of hydrogen-bond donors (Lipinski definition) is 3. The Bertz CT molecular complexity index is 689. The van der Waals surface area contributed by atoms with Crippen molar-refractivity contribution < 1.29 is 19.4 Å². The second-order valence-corrected chi connectivity index (χ2v) is 6.50. The fraction of sp³-hybridized carbons (Fsp3) is 0.375. The number of aromatic nitrogens is 3. The van der Waals surface area contributed by atoms with Crippen LogP contribution in [0.2, 0.25) is 0 Å². The van der Waals surface area contributed by atoms with Crippen molar-refractivity contribution in [3.8, 4) is 5.75 Å². The van der Waals surface area contributed by atoms with Gasteiger partial charge in [-0.3, -0.25) is 14.7 Å². The molecule has 1 aromatic heterocycles. The second kappa shape index (κ2) is 9.07. The topological polar surface area (TPSA) is 117 Å². The SMILES string of the molecule is CC(C)Oc1ccc([C@@H](CC(=O)O)NC(=O)CSc2ncn[nH]2)cc1. The number of carbonyl (C=O) groups is 2. The molecule has 2 aromatic rings. The van der Waals surface area contributed by atoms with Gasteiger partial charge < -0.3 is 15.2 Å². The first-order chi connectivity index (χ1) is 11.9. The largest absolute Gasteiger partial charge is 0.491 e. The van der Waals surface area contributed by atoms with E-state index in [0.717, 1.165) is 0 Å². The van der Waals surface area contributed by atoms with E-state index in [2.05, 4.69) is 20.5 Å². The molecule has 9 heteroatoms. The van der Waals surface area contributed by atoms with Gasteiger partial charge in [0.1, 0.15) is 12.1 Å². The number of nitrogens with one attached hydrogen (secondary N) is 2. The highest BCUT2D eigenvalue weighted by atomic mass is 32.2. The molecule has 0 fully saturated rings. The maximum Gasteiger partial charge on any atom is 0.305 e. The van der Waals surface area contributed by atoms with Gasteiger partial charge in [-0.05, 0) is 31.5 Å². The standard InChI is InChI=1S/C16H20N4O4S/c1-10(2)24-12-5-3-11(4-6-12)13(7-15(22)23)19-14(21)8-25-16-17-9-18-20-16/h3-6,9-10,13H,7-8H2,1-2H3,(H,19,21)(H,22,23)(H,17,18,20)/t13-/m1/s1. The third-order valence-corrected chi connectivity index (χ3v) is 3.98.